The zero-order valence-electron chi connectivity index (χ0n) is 16.9. The number of anilines is 2. The average Bonchev–Trinajstić information content (AvgIpc) is 3.17. The second-order valence-electron chi connectivity index (χ2n) is 8.27. The lowest BCUT2D eigenvalue weighted by atomic mass is 9.90. The third kappa shape index (κ3) is 3.77. The molecule has 150 valence electrons. The molecule has 4 nitrogen and oxygen atoms in total. The van der Waals surface area contributed by atoms with Crippen LogP contribution in [-0.4, -0.2) is 43.5 Å². The maximum absolute atomic E-state index is 11.7. The molecule has 3 aromatic rings. The fourth-order valence-corrected chi connectivity index (χ4v) is 5.56. The number of benzene rings is 2. The zero-order chi connectivity index (χ0) is 19.8. The van der Waals surface area contributed by atoms with Crippen LogP contribution in [0.4, 0.5) is 11.4 Å². The first-order valence-corrected chi connectivity index (χ1v) is 11.4. The summed E-state index contributed by atoms with van der Waals surface area (Å²) in [4.78, 5) is 16.8. The van der Waals surface area contributed by atoms with E-state index < -0.39 is 0 Å². The minimum atomic E-state index is 0.133. The summed E-state index contributed by atoms with van der Waals surface area (Å²) in [6.45, 7) is 7.65. The first-order valence-electron chi connectivity index (χ1n) is 10.5. The standard InChI is InChI=1S/C24H27N3OS/c1-17-14-24(28)25-21-7-6-18(15-20(17)21)8-9-26-10-12-27(13-11-26)22-16-29-23-5-3-2-4-19(22)23/h2-7,15-17H,8-14H2,1H3,(H,25,28)/t17-/m0/s1. The SMILES string of the molecule is C[C@H]1CC(=O)Nc2ccc(CCN3CCN(c4csc5ccccc45)CC3)cc21. The van der Waals surface area contributed by atoms with E-state index in [1.807, 2.05) is 11.3 Å². The molecule has 2 aromatic carbocycles. The van der Waals surface area contributed by atoms with Gasteiger partial charge in [0.1, 0.15) is 0 Å². The molecule has 1 atom stereocenters. The van der Waals surface area contributed by atoms with Crippen LogP contribution in [0.2, 0.25) is 0 Å². The number of thiophene rings is 1. The number of hydrogen-bond acceptors (Lipinski definition) is 4. The highest BCUT2D eigenvalue weighted by Gasteiger charge is 2.22. The third-order valence-corrected chi connectivity index (χ3v) is 7.25. The monoisotopic (exact) mass is 405 g/mol. The molecule has 2 aliphatic heterocycles. The molecule has 0 unspecified atom stereocenters. The number of hydrogen-bond donors (Lipinski definition) is 1. The van der Waals surface area contributed by atoms with Crippen LogP contribution in [0.25, 0.3) is 10.1 Å². The predicted octanol–water partition coefficient (Wildman–Crippen LogP) is 4.71. The molecule has 5 heteroatoms. The molecule has 0 bridgehead atoms. The summed E-state index contributed by atoms with van der Waals surface area (Å²) in [6.07, 6.45) is 1.66. The summed E-state index contributed by atoms with van der Waals surface area (Å²) < 4.78 is 1.38. The number of piperazine rings is 1. The van der Waals surface area contributed by atoms with Gasteiger partial charge in [-0.2, -0.15) is 0 Å². The zero-order valence-corrected chi connectivity index (χ0v) is 17.7. The van der Waals surface area contributed by atoms with E-state index in [-0.39, 0.29) is 5.91 Å². The van der Waals surface area contributed by atoms with E-state index in [9.17, 15) is 4.79 Å². The van der Waals surface area contributed by atoms with Crippen molar-refractivity contribution in [2.24, 2.45) is 0 Å². The molecule has 3 heterocycles. The Morgan fingerprint density at radius 1 is 1.10 bits per heavy atom. The molecule has 1 saturated heterocycles. The van der Waals surface area contributed by atoms with Crippen molar-refractivity contribution < 1.29 is 4.79 Å². The van der Waals surface area contributed by atoms with Crippen LogP contribution in [0.5, 0.6) is 0 Å². The van der Waals surface area contributed by atoms with Crippen LogP contribution < -0.4 is 10.2 Å². The summed E-state index contributed by atoms with van der Waals surface area (Å²) in [5.74, 6) is 0.441. The largest absolute Gasteiger partial charge is 0.368 e. The van der Waals surface area contributed by atoms with E-state index in [0.29, 0.717) is 12.3 Å². The van der Waals surface area contributed by atoms with Crippen molar-refractivity contribution in [3.63, 3.8) is 0 Å². The van der Waals surface area contributed by atoms with Gasteiger partial charge in [0.05, 0.1) is 5.69 Å². The average molecular weight is 406 g/mol. The van der Waals surface area contributed by atoms with Crippen LogP contribution in [0.3, 0.4) is 0 Å². The Morgan fingerprint density at radius 2 is 1.93 bits per heavy atom. The van der Waals surface area contributed by atoms with Gasteiger partial charge < -0.3 is 10.2 Å². The second-order valence-corrected chi connectivity index (χ2v) is 9.18. The lowest BCUT2D eigenvalue weighted by Gasteiger charge is -2.36. The Kier molecular flexibility index (Phi) is 5.02. The minimum Gasteiger partial charge on any atom is -0.368 e. The van der Waals surface area contributed by atoms with Crippen molar-refractivity contribution in [1.29, 1.82) is 0 Å². The van der Waals surface area contributed by atoms with Crippen molar-refractivity contribution >= 4 is 38.7 Å². The van der Waals surface area contributed by atoms with Crippen molar-refractivity contribution in [2.45, 2.75) is 25.7 Å². The van der Waals surface area contributed by atoms with E-state index in [1.54, 1.807) is 0 Å². The van der Waals surface area contributed by atoms with E-state index in [0.717, 1.165) is 44.8 Å². The quantitative estimate of drug-likeness (QED) is 0.683. The number of amides is 1. The lowest BCUT2D eigenvalue weighted by molar-refractivity contribution is -0.116. The first-order chi connectivity index (χ1) is 14.2. The van der Waals surface area contributed by atoms with Gasteiger partial charge in [0.15, 0.2) is 0 Å². The summed E-state index contributed by atoms with van der Waals surface area (Å²) in [5, 5.41) is 6.70. The minimum absolute atomic E-state index is 0.133. The molecule has 29 heavy (non-hydrogen) atoms. The van der Waals surface area contributed by atoms with Crippen LogP contribution in [0.15, 0.2) is 47.8 Å². The highest BCUT2D eigenvalue weighted by atomic mass is 32.1. The van der Waals surface area contributed by atoms with Gasteiger partial charge in [-0.05, 0) is 35.6 Å². The highest BCUT2D eigenvalue weighted by Crippen LogP contribution is 2.34. The Hall–Kier alpha value is -2.37. The van der Waals surface area contributed by atoms with Gasteiger partial charge in [-0.15, -0.1) is 11.3 Å². The maximum atomic E-state index is 11.7. The fourth-order valence-electron chi connectivity index (χ4n) is 4.59. The van der Waals surface area contributed by atoms with Crippen molar-refractivity contribution in [1.82, 2.24) is 4.90 Å². The molecule has 0 spiro atoms. The smallest absolute Gasteiger partial charge is 0.224 e. The first kappa shape index (κ1) is 18.6. The number of rotatable bonds is 4. The normalized spacial score (nSPS) is 20.0. The van der Waals surface area contributed by atoms with Crippen LogP contribution in [0, 0.1) is 0 Å². The maximum Gasteiger partial charge on any atom is 0.224 e. The molecule has 2 aliphatic rings. The van der Waals surface area contributed by atoms with Gasteiger partial charge in [0, 0.05) is 60.3 Å². The molecule has 0 aliphatic carbocycles. The van der Waals surface area contributed by atoms with E-state index >= 15 is 0 Å². The molecular weight excluding hydrogens is 378 g/mol. The Labute approximate surface area is 176 Å². The summed E-state index contributed by atoms with van der Waals surface area (Å²) in [5.41, 5.74) is 5.05. The molecule has 1 aromatic heterocycles. The van der Waals surface area contributed by atoms with Gasteiger partial charge in [-0.25, -0.2) is 0 Å². The Bertz CT molecular complexity index is 1040. The molecule has 1 fully saturated rings. The molecular formula is C24H27N3OS. The Morgan fingerprint density at radius 3 is 2.79 bits per heavy atom. The number of nitrogens with zero attached hydrogens (tertiary/aromatic N) is 2. The van der Waals surface area contributed by atoms with E-state index in [1.165, 1.54) is 26.9 Å². The molecule has 0 saturated carbocycles. The molecule has 5 rings (SSSR count). The highest BCUT2D eigenvalue weighted by molar-refractivity contribution is 7.17. The van der Waals surface area contributed by atoms with Gasteiger partial charge in [-0.3, -0.25) is 9.69 Å². The van der Waals surface area contributed by atoms with Gasteiger partial charge in [0.2, 0.25) is 5.91 Å². The second kappa shape index (κ2) is 7.81. The van der Waals surface area contributed by atoms with Crippen molar-refractivity contribution in [2.75, 3.05) is 42.9 Å². The van der Waals surface area contributed by atoms with Crippen molar-refractivity contribution in [3.05, 3.63) is 59.0 Å². The fraction of sp³-hybridized carbons (Fsp3) is 0.375. The van der Waals surface area contributed by atoms with Crippen molar-refractivity contribution in [3.8, 4) is 0 Å². The number of fused-ring (bicyclic) bond motifs is 2. The van der Waals surface area contributed by atoms with Gasteiger partial charge in [0.25, 0.3) is 0 Å². The number of carbonyl (C=O) groups is 1. The molecule has 0 radical (unpaired) electrons. The summed E-state index contributed by atoms with van der Waals surface area (Å²) in [6, 6.07) is 15.3. The Balaban J connectivity index is 1.19. The lowest BCUT2D eigenvalue weighted by Crippen LogP contribution is -2.46. The molecule has 1 amide bonds. The summed E-state index contributed by atoms with van der Waals surface area (Å²) in [7, 11) is 0. The van der Waals surface area contributed by atoms with Gasteiger partial charge >= 0.3 is 0 Å². The van der Waals surface area contributed by atoms with Gasteiger partial charge in [-0.1, -0.05) is 37.3 Å². The van der Waals surface area contributed by atoms with Crippen LogP contribution in [-0.2, 0) is 11.2 Å². The topological polar surface area (TPSA) is 35.6 Å². The van der Waals surface area contributed by atoms with Crippen LogP contribution >= 0.6 is 11.3 Å². The number of carbonyl (C=O) groups excluding carboxylic acids is 1. The number of nitrogens with one attached hydrogen (secondary N) is 1. The van der Waals surface area contributed by atoms with E-state index in [2.05, 4.69) is 69.9 Å². The predicted molar refractivity (Wildman–Crippen MR) is 122 cm³/mol. The molecule has 1 N–H and O–H groups in total. The third-order valence-electron chi connectivity index (χ3n) is 6.30. The summed E-state index contributed by atoms with van der Waals surface area (Å²) >= 11 is 1.85. The van der Waals surface area contributed by atoms with E-state index in [4.69, 9.17) is 0 Å². The van der Waals surface area contributed by atoms with Crippen LogP contribution in [0.1, 0.15) is 30.4 Å².